The van der Waals surface area contributed by atoms with E-state index in [0.29, 0.717) is 18.2 Å². The molecule has 3 rings (SSSR count). The van der Waals surface area contributed by atoms with E-state index in [0.717, 1.165) is 18.9 Å². The predicted molar refractivity (Wildman–Crippen MR) is 72.6 cm³/mol. The second-order valence-electron chi connectivity index (χ2n) is 5.35. The van der Waals surface area contributed by atoms with Crippen LogP contribution in [0.15, 0.2) is 4.99 Å². The van der Waals surface area contributed by atoms with Gasteiger partial charge in [0.25, 0.3) is 0 Å². The number of hydrogen-bond acceptors (Lipinski definition) is 3. The van der Waals surface area contributed by atoms with Gasteiger partial charge in [-0.15, -0.1) is 0 Å². The molecule has 0 aromatic rings. The lowest BCUT2D eigenvalue weighted by Gasteiger charge is -2.25. The third kappa shape index (κ3) is 2.79. The maximum absolute atomic E-state index is 5.84. The topological polar surface area (TPSA) is 33.6 Å². The predicted octanol–water partition coefficient (Wildman–Crippen LogP) is 2.42. The molecule has 3 aliphatic rings. The van der Waals surface area contributed by atoms with Gasteiger partial charge < -0.3 is 10.1 Å². The van der Waals surface area contributed by atoms with Gasteiger partial charge in [0, 0.05) is 18.4 Å². The molecule has 17 heavy (non-hydrogen) atoms. The first-order chi connectivity index (χ1) is 8.36. The minimum Gasteiger partial charge on any atom is -0.376 e. The van der Waals surface area contributed by atoms with E-state index in [1.807, 2.05) is 11.8 Å². The van der Waals surface area contributed by atoms with Crippen molar-refractivity contribution in [3.8, 4) is 0 Å². The van der Waals surface area contributed by atoms with Crippen LogP contribution in [-0.4, -0.2) is 35.7 Å². The molecule has 0 spiro atoms. The Bertz CT molecular complexity index is 304. The number of nitrogens with one attached hydrogen (secondary N) is 1. The molecule has 0 aromatic heterocycles. The Morgan fingerprint density at radius 2 is 2.24 bits per heavy atom. The van der Waals surface area contributed by atoms with E-state index >= 15 is 0 Å². The van der Waals surface area contributed by atoms with Gasteiger partial charge in [-0.3, -0.25) is 4.99 Å². The highest BCUT2D eigenvalue weighted by Crippen LogP contribution is 2.40. The summed E-state index contributed by atoms with van der Waals surface area (Å²) in [5, 5.41) is 4.74. The average Bonchev–Trinajstić information content (AvgIpc) is 3.11. The van der Waals surface area contributed by atoms with E-state index in [2.05, 4.69) is 12.2 Å². The standard InChI is InChI=1S/C13H22N2OS/c1-2-10-6-8-17-13(14-10)15-11-5-7-16-12(11)9-3-4-9/h9-12H,2-8H2,1H3,(H,14,15). The monoisotopic (exact) mass is 254 g/mol. The van der Waals surface area contributed by atoms with Crippen molar-refractivity contribution in [2.24, 2.45) is 10.9 Å². The van der Waals surface area contributed by atoms with Gasteiger partial charge in [0.05, 0.1) is 12.1 Å². The highest BCUT2D eigenvalue weighted by molar-refractivity contribution is 8.13. The summed E-state index contributed by atoms with van der Waals surface area (Å²) in [6.07, 6.45) is 6.71. The lowest BCUT2D eigenvalue weighted by Crippen LogP contribution is -2.38. The van der Waals surface area contributed by atoms with Crippen LogP contribution in [0.5, 0.6) is 0 Å². The fourth-order valence-electron chi connectivity index (χ4n) is 2.73. The van der Waals surface area contributed by atoms with Gasteiger partial charge in [0.2, 0.25) is 0 Å². The van der Waals surface area contributed by atoms with Crippen molar-refractivity contribution in [3.63, 3.8) is 0 Å². The van der Waals surface area contributed by atoms with Crippen LogP contribution in [0.2, 0.25) is 0 Å². The van der Waals surface area contributed by atoms with Crippen LogP contribution >= 0.6 is 11.8 Å². The molecule has 0 amide bonds. The van der Waals surface area contributed by atoms with E-state index in [-0.39, 0.29) is 0 Å². The highest BCUT2D eigenvalue weighted by atomic mass is 32.2. The van der Waals surface area contributed by atoms with E-state index in [4.69, 9.17) is 9.73 Å². The summed E-state index contributed by atoms with van der Waals surface area (Å²) in [7, 11) is 0. The van der Waals surface area contributed by atoms with E-state index in [1.54, 1.807) is 0 Å². The molecule has 2 aliphatic heterocycles. The Labute approximate surface area is 108 Å². The average molecular weight is 254 g/mol. The van der Waals surface area contributed by atoms with Crippen molar-refractivity contribution in [2.75, 3.05) is 12.4 Å². The molecule has 0 radical (unpaired) electrons. The first-order valence-corrected chi connectivity index (χ1v) is 7.94. The third-order valence-corrected chi connectivity index (χ3v) is 4.93. The first-order valence-electron chi connectivity index (χ1n) is 6.95. The zero-order valence-electron chi connectivity index (χ0n) is 10.5. The second-order valence-corrected chi connectivity index (χ2v) is 6.43. The molecule has 0 bridgehead atoms. The van der Waals surface area contributed by atoms with Crippen LogP contribution < -0.4 is 5.32 Å². The maximum Gasteiger partial charge on any atom is 0.157 e. The van der Waals surface area contributed by atoms with Crippen molar-refractivity contribution in [2.45, 2.75) is 57.2 Å². The minimum atomic E-state index is 0.423. The smallest absolute Gasteiger partial charge is 0.157 e. The fourth-order valence-corrected chi connectivity index (χ4v) is 3.79. The molecular weight excluding hydrogens is 232 g/mol. The third-order valence-electron chi connectivity index (χ3n) is 4.00. The van der Waals surface area contributed by atoms with Crippen molar-refractivity contribution < 1.29 is 4.74 Å². The molecule has 2 heterocycles. The molecule has 3 atom stereocenters. The molecule has 2 saturated heterocycles. The summed E-state index contributed by atoms with van der Waals surface area (Å²) in [4.78, 5) is 4.92. The minimum absolute atomic E-state index is 0.423. The molecule has 3 nitrogen and oxygen atoms in total. The van der Waals surface area contributed by atoms with Crippen molar-refractivity contribution in [1.82, 2.24) is 5.32 Å². The lowest BCUT2D eigenvalue weighted by atomic mass is 10.1. The number of hydrogen-bond donors (Lipinski definition) is 1. The van der Waals surface area contributed by atoms with Crippen LogP contribution in [0.3, 0.4) is 0 Å². The Morgan fingerprint density at radius 3 is 3.00 bits per heavy atom. The molecule has 1 aliphatic carbocycles. The van der Waals surface area contributed by atoms with Crippen LogP contribution in [0, 0.1) is 5.92 Å². The van der Waals surface area contributed by atoms with Crippen molar-refractivity contribution in [1.29, 1.82) is 0 Å². The van der Waals surface area contributed by atoms with E-state index in [9.17, 15) is 0 Å². The van der Waals surface area contributed by atoms with Gasteiger partial charge in [0.15, 0.2) is 5.17 Å². The Balaban J connectivity index is 1.63. The number of amidine groups is 1. The summed E-state index contributed by atoms with van der Waals surface area (Å²) in [6.45, 7) is 3.15. The van der Waals surface area contributed by atoms with E-state index < -0.39 is 0 Å². The van der Waals surface area contributed by atoms with Crippen LogP contribution in [-0.2, 0) is 4.74 Å². The quantitative estimate of drug-likeness (QED) is 0.840. The van der Waals surface area contributed by atoms with Crippen LogP contribution in [0.4, 0.5) is 0 Å². The normalized spacial score (nSPS) is 40.5. The summed E-state index contributed by atoms with van der Waals surface area (Å²) in [5.74, 6) is 2.02. The van der Waals surface area contributed by atoms with Gasteiger partial charge in [-0.25, -0.2) is 0 Å². The maximum atomic E-state index is 5.84. The molecular formula is C13H22N2OS. The zero-order chi connectivity index (χ0) is 11.7. The first kappa shape index (κ1) is 11.8. The molecule has 96 valence electrons. The summed E-state index contributed by atoms with van der Waals surface area (Å²) in [5.41, 5.74) is 0. The number of aliphatic imine (C=N–C) groups is 1. The number of ether oxygens (including phenoxy) is 1. The Morgan fingerprint density at radius 1 is 1.35 bits per heavy atom. The van der Waals surface area contributed by atoms with Crippen molar-refractivity contribution >= 4 is 16.9 Å². The number of nitrogens with zero attached hydrogens (tertiary/aromatic N) is 1. The van der Waals surface area contributed by atoms with Gasteiger partial charge in [-0.2, -0.15) is 0 Å². The summed E-state index contributed by atoms with van der Waals surface area (Å²) in [6, 6.07) is 1.06. The largest absolute Gasteiger partial charge is 0.376 e. The molecule has 3 fully saturated rings. The molecule has 4 heteroatoms. The Kier molecular flexibility index (Phi) is 3.61. The van der Waals surface area contributed by atoms with Crippen LogP contribution in [0.25, 0.3) is 0 Å². The number of rotatable bonds is 3. The highest BCUT2D eigenvalue weighted by Gasteiger charge is 2.40. The second kappa shape index (κ2) is 5.19. The molecule has 3 unspecified atom stereocenters. The van der Waals surface area contributed by atoms with Gasteiger partial charge in [0.1, 0.15) is 0 Å². The lowest BCUT2D eigenvalue weighted by molar-refractivity contribution is 0.0875. The molecule has 1 N–H and O–H groups in total. The van der Waals surface area contributed by atoms with Crippen LogP contribution in [0.1, 0.15) is 39.0 Å². The summed E-state index contributed by atoms with van der Waals surface area (Å²) < 4.78 is 5.84. The van der Waals surface area contributed by atoms with E-state index in [1.165, 1.54) is 36.6 Å². The Hall–Kier alpha value is -0.220. The number of thioether (sulfide) groups is 1. The van der Waals surface area contributed by atoms with Gasteiger partial charge in [-0.1, -0.05) is 18.7 Å². The zero-order valence-corrected chi connectivity index (χ0v) is 11.3. The van der Waals surface area contributed by atoms with Crippen molar-refractivity contribution in [3.05, 3.63) is 0 Å². The van der Waals surface area contributed by atoms with Gasteiger partial charge in [-0.05, 0) is 38.0 Å². The summed E-state index contributed by atoms with van der Waals surface area (Å²) >= 11 is 1.89. The molecule has 0 aromatic carbocycles. The molecule has 1 saturated carbocycles. The van der Waals surface area contributed by atoms with Gasteiger partial charge >= 0.3 is 0 Å². The SMILES string of the molecule is CCC1CCSC(=NC2CCOC2C2CC2)N1. The fraction of sp³-hybridized carbons (Fsp3) is 0.923.